The Kier molecular flexibility index (Phi) is 3.13. The fraction of sp³-hybridized carbons (Fsp3) is 0. The third-order valence-electron chi connectivity index (χ3n) is 2.94. The standard InChI is InChI=1S/C16H10BrNO/c17-14-6-3-5-12(9-14)16(19)13-8-11-4-1-2-7-15(11)18-10-13/h1-10H. The molecule has 0 bridgehead atoms. The van der Waals surface area contributed by atoms with Crippen molar-refractivity contribution in [1.82, 2.24) is 4.98 Å². The lowest BCUT2D eigenvalue weighted by molar-refractivity contribution is 0.103. The quantitative estimate of drug-likeness (QED) is 0.663. The molecule has 2 nitrogen and oxygen atoms in total. The molecule has 3 aromatic rings. The van der Waals surface area contributed by atoms with Crippen LogP contribution in [0.1, 0.15) is 15.9 Å². The minimum Gasteiger partial charge on any atom is -0.289 e. The van der Waals surface area contributed by atoms with E-state index in [1.54, 1.807) is 6.20 Å². The van der Waals surface area contributed by atoms with E-state index in [9.17, 15) is 4.79 Å². The Labute approximate surface area is 119 Å². The van der Waals surface area contributed by atoms with Gasteiger partial charge in [-0.3, -0.25) is 9.78 Å². The van der Waals surface area contributed by atoms with E-state index in [1.165, 1.54) is 0 Å². The molecular weight excluding hydrogens is 302 g/mol. The van der Waals surface area contributed by atoms with Crippen LogP contribution in [0.2, 0.25) is 0 Å². The number of hydrogen-bond donors (Lipinski definition) is 0. The monoisotopic (exact) mass is 311 g/mol. The number of fused-ring (bicyclic) bond motifs is 1. The van der Waals surface area contributed by atoms with Gasteiger partial charge in [0.05, 0.1) is 5.52 Å². The van der Waals surface area contributed by atoms with E-state index in [0.717, 1.165) is 15.4 Å². The van der Waals surface area contributed by atoms with E-state index in [-0.39, 0.29) is 5.78 Å². The Morgan fingerprint density at radius 1 is 0.947 bits per heavy atom. The Hall–Kier alpha value is -2.00. The van der Waals surface area contributed by atoms with Crippen LogP contribution >= 0.6 is 15.9 Å². The summed E-state index contributed by atoms with van der Waals surface area (Å²) in [5.74, 6) is -0.0143. The average Bonchev–Trinajstić information content (AvgIpc) is 2.46. The minimum absolute atomic E-state index is 0.0143. The number of carbonyl (C=O) groups excluding carboxylic acids is 1. The largest absolute Gasteiger partial charge is 0.289 e. The van der Waals surface area contributed by atoms with Gasteiger partial charge in [-0.05, 0) is 24.3 Å². The molecule has 0 radical (unpaired) electrons. The van der Waals surface area contributed by atoms with Gasteiger partial charge in [-0.1, -0.05) is 46.3 Å². The van der Waals surface area contributed by atoms with Gasteiger partial charge in [0.2, 0.25) is 0 Å². The van der Waals surface area contributed by atoms with Gasteiger partial charge in [0.25, 0.3) is 0 Å². The molecule has 92 valence electrons. The van der Waals surface area contributed by atoms with Crippen LogP contribution < -0.4 is 0 Å². The highest BCUT2D eigenvalue weighted by molar-refractivity contribution is 9.10. The van der Waals surface area contributed by atoms with E-state index in [4.69, 9.17) is 0 Å². The molecule has 0 aliphatic carbocycles. The number of halogens is 1. The number of nitrogens with zero attached hydrogens (tertiary/aromatic N) is 1. The Morgan fingerprint density at radius 3 is 2.63 bits per heavy atom. The van der Waals surface area contributed by atoms with Crippen LogP contribution in [0.15, 0.2) is 65.3 Å². The maximum atomic E-state index is 12.4. The molecule has 1 aromatic heterocycles. The number of benzene rings is 2. The zero-order valence-electron chi connectivity index (χ0n) is 10.0. The fourth-order valence-electron chi connectivity index (χ4n) is 1.99. The molecule has 0 atom stereocenters. The molecular formula is C16H10BrNO. The van der Waals surface area contributed by atoms with Crippen molar-refractivity contribution >= 4 is 32.6 Å². The third kappa shape index (κ3) is 2.42. The first-order chi connectivity index (χ1) is 9.24. The number of aromatic nitrogens is 1. The van der Waals surface area contributed by atoms with Crippen molar-refractivity contribution in [3.63, 3.8) is 0 Å². The second-order valence-electron chi connectivity index (χ2n) is 4.26. The van der Waals surface area contributed by atoms with Crippen LogP contribution in [-0.4, -0.2) is 10.8 Å². The van der Waals surface area contributed by atoms with E-state index in [0.29, 0.717) is 11.1 Å². The van der Waals surface area contributed by atoms with Gasteiger partial charge in [0.1, 0.15) is 0 Å². The molecule has 0 saturated carbocycles. The molecule has 19 heavy (non-hydrogen) atoms. The maximum absolute atomic E-state index is 12.4. The predicted octanol–water partition coefficient (Wildman–Crippen LogP) is 4.23. The number of rotatable bonds is 2. The Bertz CT molecular complexity index is 767. The van der Waals surface area contributed by atoms with Gasteiger partial charge in [-0.2, -0.15) is 0 Å². The molecule has 2 aromatic carbocycles. The van der Waals surface area contributed by atoms with E-state index in [2.05, 4.69) is 20.9 Å². The second-order valence-corrected chi connectivity index (χ2v) is 5.17. The first-order valence-corrected chi connectivity index (χ1v) is 6.68. The number of hydrogen-bond acceptors (Lipinski definition) is 2. The Balaban J connectivity index is 2.06. The molecule has 0 spiro atoms. The highest BCUT2D eigenvalue weighted by Crippen LogP contribution is 2.18. The number of ketones is 1. The molecule has 0 aliphatic heterocycles. The van der Waals surface area contributed by atoms with Gasteiger partial charge in [-0.25, -0.2) is 0 Å². The summed E-state index contributed by atoms with van der Waals surface area (Å²) in [7, 11) is 0. The summed E-state index contributed by atoms with van der Waals surface area (Å²) < 4.78 is 0.895. The number of pyridine rings is 1. The van der Waals surface area contributed by atoms with Gasteiger partial charge >= 0.3 is 0 Å². The van der Waals surface area contributed by atoms with Crippen molar-refractivity contribution in [2.45, 2.75) is 0 Å². The number of carbonyl (C=O) groups is 1. The predicted molar refractivity (Wildman–Crippen MR) is 79.3 cm³/mol. The maximum Gasteiger partial charge on any atom is 0.194 e. The highest BCUT2D eigenvalue weighted by Gasteiger charge is 2.10. The Morgan fingerprint density at radius 2 is 1.79 bits per heavy atom. The van der Waals surface area contributed by atoms with Gasteiger partial charge in [0.15, 0.2) is 5.78 Å². The zero-order chi connectivity index (χ0) is 13.2. The van der Waals surface area contributed by atoms with Gasteiger partial charge < -0.3 is 0 Å². The minimum atomic E-state index is -0.0143. The fourth-order valence-corrected chi connectivity index (χ4v) is 2.39. The molecule has 3 heteroatoms. The van der Waals surface area contributed by atoms with Crippen LogP contribution in [0, 0.1) is 0 Å². The highest BCUT2D eigenvalue weighted by atomic mass is 79.9. The first kappa shape index (κ1) is 12.1. The van der Waals surface area contributed by atoms with Crippen molar-refractivity contribution in [3.8, 4) is 0 Å². The van der Waals surface area contributed by atoms with Gasteiger partial charge in [-0.15, -0.1) is 0 Å². The topological polar surface area (TPSA) is 30.0 Å². The van der Waals surface area contributed by atoms with Crippen LogP contribution in [0.25, 0.3) is 10.9 Å². The summed E-state index contributed by atoms with van der Waals surface area (Å²) in [4.78, 5) is 16.7. The van der Waals surface area contributed by atoms with E-state index < -0.39 is 0 Å². The lowest BCUT2D eigenvalue weighted by Gasteiger charge is -2.03. The molecule has 3 rings (SSSR count). The molecule has 0 amide bonds. The molecule has 0 fully saturated rings. The van der Waals surface area contributed by atoms with E-state index >= 15 is 0 Å². The smallest absolute Gasteiger partial charge is 0.194 e. The SMILES string of the molecule is O=C(c1cccc(Br)c1)c1cnc2ccccc2c1. The average molecular weight is 312 g/mol. The molecule has 0 unspecified atom stereocenters. The molecule has 0 aliphatic rings. The van der Waals surface area contributed by atoms with E-state index in [1.807, 2.05) is 54.6 Å². The normalized spacial score (nSPS) is 10.6. The zero-order valence-corrected chi connectivity index (χ0v) is 11.6. The first-order valence-electron chi connectivity index (χ1n) is 5.89. The summed E-state index contributed by atoms with van der Waals surface area (Å²) in [6.45, 7) is 0. The summed E-state index contributed by atoms with van der Waals surface area (Å²) in [6.07, 6.45) is 1.63. The van der Waals surface area contributed by atoms with Crippen LogP contribution in [-0.2, 0) is 0 Å². The number of para-hydroxylation sites is 1. The molecule has 0 N–H and O–H groups in total. The summed E-state index contributed by atoms with van der Waals surface area (Å²) in [6, 6.07) is 17.0. The van der Waals surface area contributed by atoms with Crippen LogP contribution in [0.5, 0.6) is 0 Å². The van der Waals surface area contributed by atoms with Gasteiger partial charge in [0, 0.05) is 27.2 Å². The van der Waals surface area contributed by atoms with Crippen molar-refractivity contribution in [1.29, 1.82) is 0 Å². The van der Waals surface area contributed by atoms with Crippen molar-refractivity contribution < 1.29 is 4.79 Å². The van der Waals surface area contributed by atoms with Crippen LogP contribution in [0.4, 0.5) is 0 Å². The van der Waals surface area contributed by atoms with Crippen molar-refractivity contribution in [2.24, 2.45) is 0 Å². The second kappa shape index (κ2) is 4.94. The molecule has 1 heterocycles. The summed E-state index contributed by atoms with van der Waals surface area (Å²) >= 11 is 3.37. The van der Waals surface area contributed by atoms with Crippen LogP contribution in [0.3, 0.4) is 0 Å². The van der Waals surface area contributed by atoms with Crippen molar-refractivity contribution in [2.75, 3.05) is 0 Å². The molecule has 0 saturated heterocycles. The van der Waals surface area contributed by atoms with Crippen molar-refractivity contribution in [3.05, 3.63) is 76.4 Å². The lowest BCUT2D eigenvalue weighted by Crippen LogP contribution is -2.01. The summed E-state index contributed by atoms with van der Waals surface area (Å²) in [5, 5.41) is 0.975. The summed E-state index contributed by atoms with van der Waals surface area (Å²) in [5.41, 5.74) is 2.16. The third-order valence-corrected chi connectivity index (χ3v) is 3.43. The lowest BCUT2D eigenvalue weighted by atomic mass is 10.0.